The van der Waals surface area contributed by atoms with Gasteiger partial charge in [-0.05, 0) is 18.6 Å². The molecule has 0 spiro atoms. The van der Waals surface area contributed by atoms with Crippen LogP contribution in [0.4, 0.5) is 0 Å². The lowest BCUT2D eigenvalue weighted by Crippen LogP contribution is -2.22. The van der Waals surface area contributed by atoms with Gasteiger partial charge in [-0.15, -0.1) is 11.8 Å². The van der Waals surface area contributed by atoms with Crippen LogP contribution in [0.3, 0.4) is 0 Å². The van der Waals surface area contributed by atoms with Crippen molar-refractivity contribution >= 4 is 17.7 Å². The monoisotopic (exact) mass is 170 g/mol. The molecule has 0 unspecified atom stereocenters. The van der Waals surface area contributed by atoms with Crippen LogP contribution in [-0.2, 0) is 4.79 Å². The Morgan fingerprint density at radius 2 is 2.55 bits per heavy atom. The van der Waals surface area contributed by atoms with Crippen LogP contribution < -0.4 is 0 Å². The van der Waals surface area contributed by atoms with Crippen LogP contribution >= 0.6 is 11.8 Å². The average Bonchev–Trinajstić information content (AvgIpc) is 2.41. The summed E-state index contributed by atoms with van der Waals surface area (Å²) in [5.74, 6) is 0.0642. The van der Waals surface area contributed by atoms with Crippen LogP contribution in [0.1, 0.15) is 6.42 Å². The molecule has 0 heterocycles. The Labute approximate surface area is 69.7 Å². The van der Waals surface area contributed by atoms with Gasteiger partial charge < -0.3 is 5.11 Å². The lowest BCUT2D eigenvalue weighted by atomic mass is 10.2. The van der Waals surface area contributed by atoms with E-state index in [1.165, 1.54) is 11.8 Å². The molecular weight excluding hydrogens is 160 g/mol. The minimum Gasteiger partial charge on any atom is -0.480 e. The Morgan fingerprint density at radius 1 is 1.82 bits per heavy atom. The lowest BCUT2D eigenvalue weighted by Gasteiger charge is -2.09. The van der Waals surface area contributed by atoms with Crippen LogP contribution in [0.5, 0.6) is 0 Å². The van der Waals surface area contributed by atoms with E-state index in [-0.39, 0.29) is 0 Å². The summed E-state index contributed by atoms with van der Waals surface area (Å²) >= 11 is 1.49. The summed E-state index contributed by atoms with van der Waals surface area (Å²) in [4.78, 5) is 10.9. The third-order valence-electron chi connectivity index (χ3n) is 2.78. The third kappa shape index (κ3) is 0.670. The van der Waals surface area contributed by atoms with E-state index in [1.807, 2.05) is 6.26 Å². The molecule has 0 bridgehead atoms. The fourth-order valence-electron chi connectivity index (χ4n) is 2.11. The SMILES string of the molecule is CS[C@]1(C(=O)O)[C@@H]2CC=C[C@@H]21. The average molecular weight is 170 g/mol. The molecule has 1 N–H and O–H groups in total. The predicted octanol–water partition coefficient (Wildman–Crippen LogP) is 1.38. The van der Waals surface area contributed by atoms with Crippen molar-refractivity contribution in [3.8, 4) is 0 Å². The number of aliphatic carboxylic acids is 1. The maximum atomic E-state index is 10.9. The summed E-state index contributed by atoms with van der Waals surface area (Å²) in [6.07, 6.45) is 6.99. The number of carboxylic acids is 1. The first kappa shape index (κ1) is 7.22. The minimum absolute atomic E-state index is 0.315. The Hall–Kier alpha value is -0.440. The zero-order valence-electron chi connectivity index (χ0n) is 6.28. The van der Waals surface area contributed by atoms with Crippen molar-refractivity contribution in [1.29, 1.82) is 0 Å². The lowest BCUT2D eigenvalue weighted by molar-refractivity contribution is -0.137. The van der Waals surface area contributed by atoms with E-state index >= 15 is 0 Å². The van der Waals surface area contributed by atoms with Gasteiger partial charge in [-0.2, -0.15) is 0 Å². The van der Waals surface area contributed by atoms with Gasteiger partial charge in [-0.3, -0.25) is 4.79 Å². The highest BCUT2D eigenvalue weighted by Crippen LogP contribution is 2.64. The van der Waals surface area contributed by atoms with Crippen LogP contribution in [-0.4, -0.2) is 22.1 Å². The van der Waals surface area contributed by atoms with E-state index in [9.17, 15) is 4.79 Å². The molecule has 0 saturated heterocycles. The highest BCUT2D eigenvalue weighted by Gasteiger charge is 2.69. The molecule has 3 heteroatoms. The van der Waals surface area contributed by atoms with Gasteiger partial charge in [0.05, 0.1) is 0 Å². The van der Waals surface area contributed by atoms with Gasteiger partial charge >= 0.3 is 5.97 Å². The fourth-order valence-corrected chi connectivity index (χ4v) is 3.28. The van der Waals surface area contributed by atoms with Gasteiger partial charge in [0.15, 0.2) is 0 Å². The second-order valence-corrected chi connectivity index (χ2v) is 4.18. The molecule has 0 radical (unpaired) electrons. The maximum absolute atomic E-state index is 10.9. The van der Waals surface area contributed by atoms with E-state index in [4.69, 9.17) is 5.11 Å². The third-order valence-corrected chi connectivity index (χ3v) is 4.20. The molecule has 1 saturated carbocycles. The summed E-state index contributed by atoms with van der Waals surface area (Å²) in [7, 11) is 0. The first-order valence-corrected chi connectivity index (χ1v) is 4.91. The summed E-state index contributed by atoms with van der Waals surface area (Å²) in [6, 6.07) is 0. The van der Waals surface area contributed by atoms with E-state index in [1.54, 1.807) is 0 Å². The second-order valence-electron chi connectivity index (χ2n) is 3.10. The normalized spacial score (nSPS) is 45.5. The van der Waals surface area contributed by atoms with E-state index in [2.05, 4.69) is 12.2 Å². The van der Waals surface area contributed by atoms with Crippen LogP contribution in [0.15, 0.2) is 12.2 Å². The highest BCUT2D eigenvalue weighted by molar-refractivity contribution is 8.01. The van der Waals surface area contributed by atoms with Gasteiger partial charge in [0, 0.05) is 5.92 Å². The van der Waals surface area contributed by atoms with Crippen molar-refractivity contribution < 1.29 is 9.90 Å². The topological polar surface area (TPSA) is 37.3 Å². The quantitative estimate of drug-likeness (QED) is 0.636. The van der Waals surface area contributed by atoms with Gasteiger partial charge in [0.25, 0.3) is 0 Å². The minimum atomic E-state index is -0.635. The van der Waals surface area contributed by atoms with Crippen LogP contribution in [0.25, 0.3) is 0 Å². The Morgan fingerprint density at radius 3 is 2.82 bits per heavy atom. The molecule has 1 fully saturated rings. The number of fused-ring (bicyclic) bond motifs is 1. The Kier molecular flexibility index (Phi) is 1.34. The smallest absolute Gasteiger partial charge is 0.320 e. The summed E-state index contributed by atoms with van der Waals surface area (Å²) < 4.78 is -0.450. The Balaban J connectivity index is 2.24. The van der Waals surface area contributed by atoms with Gasteiger partial charge in [0.1, 0.15) is 4.75 Å². The molecule has 0 aromatic rings. The van der Waals surface area contributed by atoms with E-state index in [0.29, 0.717) is 11.8 Å². The molecule has 3 atom stereocenters. The summed E-state index contributed by atoms with van der Waals surface area (Å²) in [5, 5.41) is 8.95. The molecule has 0 aromatic carbocycles. The fraction of sp³-hybridized carbons (Fsp3) is 0.625. The van der Waals surface area contributed by atoms with Gasteiger partial charge in [-0.1, -0.05) is 12.2 Å². The van der Waals surface area contributed by atoms with Crippen molar-refractivity contribution in [2.45, 2.75) is 11.2 Å². The van der Waals surface area contributed by atoms with E-state index in [0.717, 1.165) is 6.42 Å². The number of allylic oxidation sites excluding steroid dienone is 2. The van der Waals surface area contributed by atoms with Crippen molar-refractivity contribution in [3.63, 3.8) is 0 Å². The number of thioether (sulfide) groups is 1. The van der Waals surface area contributed by atoms with Crippen molar-refractivity contribution in [1.82, 2.24) is 0 Å². The first-order valence-electron chi connectivity index (χ1n) is 3.68. The predicted molar refractivity (Wildman–Crippen MR) is 44.6 cm³/mol. The number of carbonyl (C=O) groups is 1. The molecule has 2 aliphatic carbocycles. The zero-order chi connectivity index (χ0) is 8.06. The molecule has 2 aliphatic rings. The molecule has 2 nitrogen and oxygen atoms in total. The van der Waals surface area contributed by atoms with Crippen molar-refractivity contribution in [2.75, 3.05) is 6.26 Å². The largest absolute Gasteiger partial charge is 0.480 e. The van der Waals surface area contributed by atoms with Gasteiger partial charge in [0.2, 0.25) is 0 Å². The number of hydrogen-bond acceptors (Lipinski definition) is 2. The molecule has 2 rings (SSSR count). The Bertz CT molecular complexity index is 236. The summed E-state index contributed by atoms with van der Waals surface area (Å²) in [5.41, 5.74) is 0. The van der Waals surface area contributed by atoms with Crippen molar-refractivity contribution in [3.05, 3.63) is 12.2 Å². The molecule has 0 aromatic heterocycles. The van der Waals surface area contributed by atoms with Gasteiger partial charge in [-0.25, -0.2) is 0 Å². The van der Waals surface area contributed by atoms with Crippen molar-refractivity contribution in [2.24, 2.45) is 11.8 Å². The maximum Gasteiger partial charge on any atom is 0.320 e. The van der Waals surface area contributed by atoms with Crippen LogP contribution in [0, 0.1) is 11.8 Å². The van der Waals surface area contributed by atoms with Crippen LogP contribution in [0.2, 0.25) is 0 Å². The summed E-state index contributed by atoms with van der Waals surface area (Å²) in [6.45, 7) is 0. The first-order chi connectivity index (χ1) is 5.23. The molecule has 11 heavy (non-hydrogen) atoms. The molecule has 0 aliphatic heterocycles. The number of hydrogen-bond donors (Lipinski definition) is 1. The second kappa shape index (κ2) is 2.03. The van der Waals surface area contributed by atoms with E-state index < -0.39 is 10.7 Å². The number of carboxylic acid groups (broad SMARTS) is 1. The zero-order valence-corrected chi connectivity index (χ0v) is 7.10. The molecule has 0 amide bonds. The highest BCUT2D eigenvalue weighted by atomic mass is 32.2. The molecule has 60 valence electrons. The standard InChI is InChI=1S/C8H10O2S/c1-11-8(7(9)10)5-3-2-4-6(5)8/h2-3,5-6H,4H2,1H3,(H,9,10)/t5-,6+,8-/m0/s1. The number of rotatable bonds is 2. The molecular formula is C8H10O2S.